The summed E-state index contributed by atoms with van der Waals surface area (Å²) in [4.78, 5) is 37.7. The Balaban J connectivity index is 1.85. The van der Waals surface area contributed by atoms with Crippen LogP contribution in [0, 0.1) is 30.9 Å². The minimum Gasteiger partial charge on any atom is -0.463 e. The molecule has 35 heavy (non-hydrogen) atoms. The molecule has 7 nitrogen and oxygen atoms in total. The van der Waals surface area contributed by atoms with Crippen LogP contribution in [-0.2, 0) is 14.3 Å². The Labute approximate surface area is 205 Å². The van der Waals surface area contributed by atoms with Crippen LogP contribution in [0.1, 0.15) is 66.3 Å². The number of non-ortho nitro benzene ring substituents is 1. The van der Waals surface area contributed by atoms with Crippen LogP contribution >= 0.6 is 0 Å². The number of hydrogen-bond acceptors (Lipinski definition) is 6. The number of nitro groups is 1. The number of carbonyl (C=O) groups excluding carboxylic acids is 2. The van der Waals surface area contributed by atoms with Crippen molar-refractivity contribution in [3.05, 3.63) is 96.9 Å². The van der Waals surface area contributed by atoms with Gasteiger partial charge >= 0.3 is 5.97 Å². The van der Waals surface area contributed by atoms with Gasteiger partial charge in [0.1, 0.15) is 0 Å². The number of benzene rings is 2. The second-order valence-corrected chi connectivity index (χ2v) is 9.40. The summed E-state index contributed by atoms with van der Waals surface area (Å²) in [5.41, 5.74) is 7.33. The highest BCUT2D eigenvalue weighted by Crippen LogP contribution is 2.47. The number of esters is 1. The van der Waals surface area contributed by atoms with Crippen molar-refractivity contribution in [2.24, 2.45) is 0 Å². The molecule has 0 spiro atoms. The molecule has 0 saturated carbocycles. The van der Waals surface area contributed by atoms with Crippen LogP contribution in [0.15, 0.2) is 58.9 Å². The molecule has 182 valence electrons. The molecule has 7 heteroatoms. The number of aryl methyl sites for hydroxylation is 3. The van der Waals surface area contributed by atoms with Gasteiger partial charge in [-0.05, 0) is 69.2 Å². The first-order chi connectivity index (χ1) is 16.6. The standard InChI is InChI=1S/C28H30N2O5/c1-6-35-28(32)25-18(5)29-22-13-20(24-16(3)10-15(2)11-17(24)4)14-23(31)27(22)26(25)19-8-7-9-21(12-19)30(33)34/h7-12,20,26,29H,6,13-14H2,1-5H3. The third-order valence-electron chi connectivity index (χ3n) is 6.88. The number of ether oxygens (including phenoxy) is 1. The Morgan fingerprint density at radius 1 is 1.11 bits per heavy atom. The lowest BCUT2D eigenvalue weighted by Gasteiger charge is -2.37. The quantitative estimate of drug-likeness (QED) is 0.352. The Bertz CT molecular complexity index is 1280. The van der Waals surface area contributed by atoms with Crippen LogP contribution in [0.25, 0.3) is 0 Å². The average Bonchev–Trinajstić information content (AvgIpc) is 2.77. The van der Waals surface area contributed by atoms with Crippen molar-refractivity contribution in [1.29, 1.82) is 0 Å². The van der Waals surface area contributed by atoms with Crippen LogP contribution in [0.3, 0.4) is 0 Å². The molecular formula is C28H30N2O5. The molecule has 0 radical (unpaired) electrons. The molecule has 2 aromatic rings. The van der Waals surface area contributed by atoms with E-state index in [-0.39, 0.29) is 24.0 Å². The fourth-order valence-corrected chi connectivity index (χ4v) is 5.71. The second-order valence-electron chi connectivity index (χ2n) is 9.40. The number of hydrogen-bond donors (Lipinski definition) is 1. The summed E-state index contributed by atoms with van der Waals surface area (Å²) < 4.78 is 5.32. The van der Waals surface area contributed by atoms with Gasteiger partial charge in [0.25, 0.3) is 5.69 Å². The fraction of sp³-hybridized carbons (Fsp3) is 0.357. The van der Waals surface area contributed by atoms with E-state index >= 15 is 0 Å². The largest absolute Gasteiger partial charge is 0.463 e. The molecule has 0 aromatic heterocycles. The monoisotopic (exact) mass is 474 g/mol. The lowest BCUT2D eigenvalue weighted by Crippen LogP contribution is -2.36. The second kappa shape index (κ2) is 9.49. The maximum absolute atomic E-state index is 13.7. The van der Waals surface area contributed by atoms with Crippen LogP contribution in [-0.4, -0.2) is 23.3 Å². The zero-order valence-electron chi connectivity index (χ0n) is 20.7. The van der Waals surface area contributed by atoms with Crippen LogP contribution < -0.4 is 5.32 Å². The zero-order valence-corrected chi connectivity index (χ0v) is 20.7. The van der Waals surface area contributed by atoms with Gasteiger partial charge in [0, 0.05) is 41.4 Å². The van der Waals surface area contributed by atoms with Crippen molar-refractivity contribution < 1.29 is 19.2 Å². The van der Waals surface area contributed by atoms with Crippen molar-refractivity contribution in [2.45, 2.75) is 59.3 Å². The van der Waals surface area contributed by atoms with E-state index in [1.165, 1.54) is 23.3 Å². The topological polar surface area (TPSA) is 98.5 Å². The van der Waals surface area contributed by atoms with E-state index in [0.717, 1.165) is 16.8 Å². The predicted molar refractivity (Wildman–Crippen MR) is 133 cm³/mol. The van der Waals surface area contributed by atoms with Crippen LogP contribution in [0.4, 0.5) is 5.69 Å². The molecular weight excluding hydrogens is 444 g/mol. The van der Waals surface area contributed by atoms with Crippen molar-refractivity contribution in [2.75, 3.05) is 6.61 Å². The summed E-state index contributed by atoms with van der Waals surface area (Å²) in [6.45, 7) is 9.91. The van der Waals surface area contributed by atoms with Gasteiger partial charge in [0.2, 0.25) is 0 Å². The molecule has 0 bridgehead atoms. The summed E-state index contributed by atoms with van der Waals surface area (Å²) in [6, 6.07) is 10.4. The van der Waals surface area contributed by atoms with Crippen molar-refractivity contribution in [3.63, 3.8) is 0 Å². The highest BCUT2D eigenvalue weighted by molar-refractivity contribution is 6.04. The van der Waals surface area contributed by atoms with Gasteiger partial charge in [0.15, 0.2) is 5.78 Å². The van der Waals surface area contributed by atoms with Gasteiger partial charge in [-0.2, -0.15) is 0 Å². The molecule has 2 aliphatic rings. The number of Topliss-reactive ketones (excluding diaryl/α,β-unsaturated/α-hetero) is 1. The molecule has 2 aromatic carbocycles. The van der Waals surface area contributed by atoms with Gasteiger partial charge in [-0.15, -0.1) is 0 Å². The highest BCUT2D eigenvalue weighted by atomic mass is 16.6. The minimum absolute atomic E-state index is 0.0112. The number of nitro benzene ring substituents is 1. The molecule has 0 fully saturated rings. The molecule has 1 aliphatic heterocycles. The number of allylic oxidation sites excluding steroid dienone is 3. The summed E-state index contributed by atoms with van der Waals surface area (Å²) in [5, 5.41) is 14.8. The van der Waals surface area contributed by atoms with Gasteiger partial charge in [-0.3, -0.25) is 14.9 Å². The fourth-order valence-electron chi connectivity index (χ4n) is 5.71. The Morgan fingerprint density at radius 2 is 1.80 bits per heavy atom. The van der Waals surface area contributed by atoms with Crippen LogP contribution in [0.2, 0.25) is 0 Å². The number of ketones is 1. The molecule has 1 N–H and O–H groups in total. The molecule has 4 rings (SSSR count). The lowest BCUT2D eigenvalue weighted by molar-refractivity contribution is -0.384. The third kappa shape index (κ3) is 4.50. The normalized spacial score (nSPS) is 19.9. The van der Waals surface area contributed by atoms with Crippen molar-refractivity contribution in [1.82, 2.24) is 5.32 Å². The average molecular weight is 475 g/mol. The summed E-state index contributed by atoms with van der Waals surface area (Å²) in [5.74, 6) is -1.30. The molecule has 2 atom stereocenters. The smallest absolute Gasteiger partial charge is 0.336 e. The van der Waals surface area contributed by atoms with E-state index in [2.05, 4.69) is 38.2 Å². The molecule has 1 heterocycles. The van der Waals surface area contributed by atoms with Gasteiger partial charge in [0.05, 0.1) is 17.1 Å². The van der Waals surface area contributed by atoms with E-state index in [4.69, 9.17) is 4.74 Å². The minimum atomic E-state index is -0.723. The van der Waals surface area contributed by atoms with Crippen molar-refractivity contribution >= 4 is 17.4 Å². The first kappa shape index (κ1) is 24.4. The Kier molecular flexibility index (Phi) is 6.61. The lowest BCUT2D eigenvalue weighted by atomic mass is 9.70. The molecule has 0 amide bonds. The van der Waals surface area contributed by atoms with Crippen molar-refractivity contribution in [3.8, 4) is 0 Å². The molecule has 1 aliphatic carbocycles. The van der Waals surface area contributed by atoms with E-state index in [1.54, 1.807) is 26.0 Å². The summed E-state index contributed by atoms with van der Waals surface area (Å²) in [6.07, 6.45) is 0.927. The van der Waals surface area contributed by atoms with Crippen LogP contribution in [0.5, 0.6) is 0 Å². The Morgan fingerprint density at radius 3 is 2.43 bits per heavy atom. The number of dihydropyridines is 1. The van der Waals surface area contributed by atoms with Gasteiger partial charge < -0.3 is 10.1 Å². The zero-order chi connectivity index (χ0) is 25.4. The highest BCUT2D eigenvalue weighted by Gasteiger charge is 2.42. The first-order valence-corrected chi connectivity index (χ1v) is 11.9. The summed E-state index contributed by atoms with van der Waals surface area (Å²) in [7, 11) is 0. The van der Waals surface area contributed by atoms with E-state index in [1.807, 2.05) is 0 Å². The third-order valence-corrected chi connectivity index (χ3v) is 6.88. The SMILES string of the molecule is CCOC(=O)C1=C(C)NC2=C(C(=O)CC(c3c(C)cc(C)cc3C)C2)C1c1cccc([N+](=O)[O-])c1. The van der Waals surface area contributed by atoms with E-state index in [0.29, 0.717) is 35.2 Å². The van der Waals surface area contributed by atoms with E-state index in [9.17, 15) is 19.7 Å². The number of rotatable bonds is 5. The van der Waals surface area contributed by atoms with E-state index < -0.39 is 16.8 Å². The molecule has 2 unspecified atom stereocenters. The Hall–Kier alpha value is -3.74. The summed E-state index contributed by atoms with van der Waals surface area (Å²) >= 11 is 0. The maximum Gasteiger partial charge on any atom is 0.336 e. The maximum atomic E-state index is 13.7. The number of nitrogens with one attached hydrogen (secondary N) is 1. The number of nitrogens with zero attached hydrogens (tertiary/aromatic N) is 1. The van der Waals surface area contributed by atoms with Gasteiger partial charge in [-0.25, -0.2) is 4.79 Å². The number of carbonyl (C=O) groups is 2. The first-order valence-electron chi connectivity index (χ1n) is 11.9. The predicted octanol–water partition coefficient (Wildman–Crippen LogP) is 5.44. The molecule has 0 saturated heterocycles. The van der Waals surface area contributed by atoms with Gasteiger partial charge in [-0.1, -0.05) is 29.8 Å².